The molecular formula is C23H24O8. The maximum absolute atomic E-state index is 13.7. The highest BCUT2D eigenvalue weighted by atomic mass is 16.6. The molecule has 0 N–H and O–H groups in total. The Kier molecular flexibility index (Phi) is 4.16. The fraction of sp³-hybridized carbons (Fsp3) is 0.565. The minimum absolute atomic E-state index is 0.0466. The number of esters is 2. The number of methoxy groups -OCH3 is 2. The Morgan fingerprint density at radius 3 is 2.65 bits per heavy atom. The quantitative estimate of drug-likeness (QED) is 0.675. The minimum atomic E-state index is -1.02. The summed E-state index contributed by atoms with van der Waals surface area (Å²) in [7, 11) is 2.79. The molecule has 0 radical (unpaired) electrons. The number of hydrogen-bond donors (Lipinski definition) is 0. The summed E-state index contributed by atoms with van der Waals surface area (Å²) < 4.78 is 21.8. The van der Waals surface area contributed by atoms with Gasteiger partial charge in [0.05, 0.1) is 25.0 Å². The number of fused-ring (bicyclic) bond motifs is 3. The highest BCUT2D eigenvalue weighted by Gasteiger charge is 2.64. The third-order valence-corrected chi connectivity index (χ3v) is 7.92. The number of hydrogen-bond acceptors (Lipinski definition) is 8. The van der Waals surface area contributed by atoms with E-state index in [1.165, 1.54) is 20.5 Å². The van der Waals surface area contributed by atoms with E-state index in [0.29, 0.717) is 29.6 Å². The van der Waals surface area contributed by atoms with Crippen molar-refractivity contribution in [3.63, 3.8) is 0 Å². The molecule has 0 spiro atoms. The molecule has 8 heteroatoms. The van der Waals surface area contributed by atoms with Crippen LogP contribution in [0.4, 0.5) is 0 Å². The van der Waals surface area contributed by atoms with Crippen LogP contribution in [-0.4, -0.2) is 50.4 Å². The van der Waals surface area contributed by atoms with Crippen LogP contribution >= 0.6 is 0 Å². The Bertz CT molecular complexity index is 1080. The average molecular weight is 428 g/mol. The molecule has 0 aromatic carbocycles. The molecule has 4 aliphatic rings. The fourth-order valence-corrected chi connectivity index (χ4v) is 6.40. The maximum Gasteiger partial charge on any atom is 0.342 e. The monoisotopic (exact) mass is 428 g/mol. The molecule has 164 valence electrons. The number of allylic oxidation sites excluding steroid dienone is 1. The number of Topliss-reactive ketones (excluding diaryl/α,β-unsaturated/α-hetero) is 2. The van der Waals surface area contributed by atoms with Gasteiger partial charge in [0, 0.05) is 36.0 Å². The molecule has 31 heavy (non-hydrogen) atoms. The standard InChI is InChI=1S/C23H24O8/c1-22-7-10(20(26)29-4)16-15(12(22)5-6-13(22)24)18(25)19-17-11(8-30-19)21(27)31-14(9-28-3)23(16,17)2/h8,10,12,14H,5-7,9H2,1-4H3/t10-,12+,14-,22+,23-/m1/s1. The van der Waals surface area contributed by atoms with Crippen molar-refractivity contribution in [3.05, 3.63) is 34.3 Å². The van der Waals surface area contributed by atoms with Gasteiger partial charge in [-0.2, -0.15) is 0 Å². The zero-order valence-electron chi connectivity index (χ0n) is 17.9. The van der Waals surface area contributed by atoms with E-state index in [0.717, 1.165) is 0 Å². The first kappa shape index (κ1) is 20.2. The lowest BCUT2D eigenvalue weighted by Gasteiger charge is -2.51. The van der Waals surface area contributed by atoms with E-state index < -0.39 is 34.8 Å². The second-order valence-electron chi connectivity index (χ2n) is 9.27. The van der Waals surface area contributed by atoms with Crippen molar-refractivity contribution in [2.24, 2.45) is 17.3 Å². The van der Waals surface area contributed by atoms with E-state index >= 15 is 0 Å². The summed E-state index contributed by atoms with van der Waals surface area (Å²) in [4.78, 5) is 52.2. The number of furan rings is 1. The van der Waals surface area contributed by atoms with Crippen LogP contribution in [0.3, 0.4) is 0 Å². The van der Waals surface area contributed by atoms with Crippen LogP contribution in [0.25, 0.3) is 0 Å². The summed E-state index contributed by atoms with van der Waals surface area (Å²) in [5.41, 5.74) is -0.216. The van der Waals surface area contributed by atoms with E-state index in [2.05, 4.69) is 0 Å². The van der Waals surface area contributed by atoms with Crippen molar-refractivity contribution < 1.29 is 37.8 Å². The number of ketones is 2. The van der Waals surface area contributed by atoms with Crippen LogP contribution in [0.1, 0.15) is 59.6 Å². The van der Waals surface area contributed by atoms with Crippen LogP contribution in [0.15, 0.2) is 21.8 Å². The first-order valence-electron chi connectivity index (χ1n) is 10.4. The molecular weight excluding hydrogens is 404 g/mol. The van der Waals surface area contributed by atoms with E-state index in [1.54, 1.807) is 0 Å². The predicted molar refractivity (Wildman–Crippen MR) is 104 cm³/mol. The summed E-state index contributed by atoms with van der Waals surface area (Å²) in [5.74, 6) is -2.48. The first-order chi connectivity index (χ1) is 14.7. The lowest BCUT2D eigenvalue weighted by atomic mass is 9.52. The molecule has 0 unspecified atom stereocenters. The number of carbonyl (C=O) groups excluding carboxylic acids is 4. The lowest BCUT2D eigenvalue weighted by Crippen LogP contribution is -2.56. The Balaban J connectivity index is 1.85. The first-order valence-corrected chi connectivity index (χ1v) is 10.4. The van der Waals surface area contributed by atoms with Gasteiger partial charge in [-0.25, -0.2) is 4.79 Å². The molecule has 3 aliphatic carbocycles. The minimum Gasteiger partial charge on any atom is -0.469 e. The number of cyclic esters (lactones) is 1. The molecule has 5 rings (SSSR count). The fourth-order valence-electron chi connectivity index (χ4n) is 6.40. The van der Waals surface area contributed by atoms with Crippen LogP contribution in [0, 0.1) is 17.3 Å². The molecule has 2 heterocycles. The van der Waals surface area contributed by atoms with E-state index in [-0.39, 0.29) is 41.8 Å². The maximum atomic E-state index is 13.7. The summed E-state index contributed by atoms with van der Waals surface area (Å²) >= 11 is 0. The molecule has 1 aliphatic heterocycles. The Morgan fingerprint density at radius 2 is 1.97 bits per heavy atom. The van der Waals surface area contributed by atoms with Gasteiger partial charge >= 0.3 is 11.9 Å². The van der Waals surface area contributed by atoms with Gasteiger partial charge < -0.3 is 18.6 Å². The van der Waals surface area contributed by atoms with Crippen molar-refractivity contribution in [1.82, 2.24) is 0 Å². The topological polar surface area (TPSA) is 109 Å². The molecule has 5 atom stereocenters. The average Bonchev–Trinajstić information content (AvgIpc) is 3.32. The van der Waals surface area contributed by atoms with Gasteiger partial charge in [0.15, 0.2) is 5.76 Å². The summed E-state index contributed by atoms with van der Waals surface area (Å²) in [5, 5.41) is 0. The molecule has 1 fully saturated rings. The summed E-state index contributed by atoms with van der Waals surface area (Å²) in [6, 6.07) is 0. The molecule has 0 saturated heterocycles. The van der Waals surface area contributed by atoms with Crippen molar-refractivity contribution in [3.8, 4) is 0 Å². The Labute approximate surface area is 178 Å². The molecule has 1 aromatic heterocycles. The van der Waals surface area contributed by atoms with Crippen LogP contribution < -0.4 is 0 Å². The SMILES string of the molecule is COC[C@H]1OC(=O)c2coc3c2[C@@]1(C)C1=C(C3=O)[C@@H]2CCC(=O)[C@@]2(C)C[C@H]1C(=O)OC. The number of ether oxygens (including phenoxy) is 3. The van der Waals surface area contributed by atoms with E-state index in [4.69, 9.17) is 18.6 Å². The highest BCUT2D eigenvalue weighted by molar-refractivity contribution is 6.15. The molecule has 0 bridgehead atoms. The normalized spacial score (nSPS) is 36.0. The van der Waals surface area contributed by atoms with Gasteiger partial charge in [-0.3, -0.25) is 14.4 Å². The van der Waals surface area contributed by atoms with Crippen molar-refractivity contribution >= 4 is 23.5 Å². The third-order valence-electron chi connectivity index (χ3n) is 7.92. The second-order valence-corrected chi connectivity index (χ2v) is 9.27. The second kappa shape index (κ2) is 6.38. The molecule has 1 aromatic rings. The highest BCUT2D eigenvalue weighted by Crippen LogP contribution is 2.62. The number of rotatable bonds is 3. The van der Waals surface area contributed by atoms with Gasteiger partial charge in [-0.1, -0.05) is 6.92 Å². The smallest absolute Gasteiger partial charge is 0.342 e. The zero-order valence-corrected chi connectivity index (χ0v) is 17.9. The van der Waals surface area contributed by atoms with E-state index in [1.807, 2.05) is 13.8 Å². The zero-order chi connectivity index (χ0) is 22.3. The Morgan fingerprint density at radius 1 is 1.23 bits per heavy atom. The van der Waals surface area contributed by atoms with Crippen LogP contribution in [0.5, 0.6) is 0 Å². The van der Waals surface area contributed by atoms with Crippen molar-refractivity contribution in [2.45, 2.75) is 44.6 Å². The Hall–Kier alpha value is -2.74. The summed E-state index contributed by atoms with van der Waals surface area (Å²) in [6.45, 7) is 3.77. The number of carbonyl (C=O) groups is 4. The summed E-state index contributed by atoms with van der Waals surface area (Å²) in [6.07, 6.45) is 1.61. The molecule has 1 saturated carbocycles. The molecule has 8 nitrogen and oxygen atoms in total. The van der Waals surface area contributed by atoms with Gasteiger partial charge in [0.1, 0.15) is 23.7 Å². The predicted octanol–water partition coefficient (Wildman–Crippen LogP) is 2.39. The van der Waals surface area contributed by atoms with Gasteiger partial charge in [-0.15, -0.1) is 0 Å². The van der Waals surface area contributed by atoms with Gasteiger partial charge in [0.25, 0.3) is 0 Å². The van der Waals surface area contributed by atoms with Gasteiger partial charge in [-0.05, 0) is 25.3 Å². The van der Waals surface area contributed by atoms with Crippen molar-refractivity contribution in [1.29, 1.82) is 0 Å². The van der Waals surface area contributed by atoms with Crippen LogP contribution in [-0.2, 0) is 29.2 Å². The van der Waals surface area contributed by atoms with Crippen LogP contribution in [0.2, 0.25) is 0 Å². The largest absolute Gasteiger partial charge is 0.469 e. The van der Waals surface area contributed by atoms with Gasteiger partial charge in [0.2, 0.25) is 5.78 Å². The lowest BCUT2D eigenvalue weighted by molar-refractivity contribution is -0.147. The molecule has 0 amide bonds. The van der Waals surface area contributed by atoms with E-state index in [9.17, 15) is 19.2 Å². The third kappa shape index (κ3) is 2.28. The van der Waals surface area contributed by atoms with Crippen molar-refractivity contribution in [2.75, 3.05) is 20.8 Å².